The number of hydrogen-bond acceptors (Lipinski definition) is 12. The number of carbonyl (C=O) groups excluding carboxylic acids is 3. The van der Waals surface area contributed by atoms with Crippen LogP contribution in [-0.4, -0.2) is 102 Å². The van der Waals surface area contributed by atoms with Crippen LogP contribution in [0, 0.1) is 12.8 Å². The van der Waals surface area contributed by atoms with Gasteiger partial charge in [0.05, 0.1) is 33.4 Å². The fourth-order valence-corrected chi connectivity index (χ4v) is 8.43. The van der Waals surface area contributed by atoms with Gasteiger partial charge in [0.25, 0.3) is 5.91 Å². The van der Waals surface area contributed by atoms with Crippen molar-refractivity contribution in [3.05, 3.63) is 84.5 Å². The monoisotopic (exact) mass is 819 g/mol. The highest BCUT2D eigenvalue weighted by atomic mass is 32.1. The highest BCUT2D eigenvalue weighted by Gasteiger charge is 2.61. The third-order valence-electron chi connectivity index (χ3n) is 10.8. The van der Waals surface area contributed by atoms with Crippen molar-refractivity contribution < 1.29 is 29.0 Å². The molecule has 16 heteroatoms. The third-order valence-corrected chi connectivity index (χ3v) is 11.8. The first-order valence-electron chi connectivity index (χ1n) is 20.2. The summed E-state index contributed by atoms with van der Waals surface area (Å²) in [6.45, 7) is 8.08. The van der Waals surface area contributed by atoms with Gasteiger partial charge < -0.3 is 30.7 Å². The quantitative estimate of drug-likeness (QED) is 0.149. The SMILES string of the molecule is CCNCC.Cc1ncc(C(=O)N[C@H]2CCCCCC=C[C@@H]3C[C@@]3(C(=O)O)NC(=O)[C@@H]3C[C@@H](Oc4nc5ccccc5nc4-c4nc5ccccc5s4)CN3C2=O)cn1. The number of fused-ring (bicyclic) bond motifs is 4. The molecule has 5 atom stereocenters. The van der Waals surface area contributed by atoms with Crippen LogP contribution in [0.3, 0.4) is 0 Å². The van der Waals surface area contributed by atoms with Crippen LogP contribution in [0.1, 0.15) is 75.0 Å². The Labute approximate surface area is 346 Å². The van der Waals surface area contributed by atoms with Crippen molar-refractivity contribution in [1.82, 2.24) is 45.8 Å². The lowest BCUT2D eigenvalue weighted by Gasteiger charge is -2.29. The van der Waals surface area contributed by atoms with Gasteiger partial charge in [-0.05, 0) is 70.0 Å². The number of nitrogens with one attached hydrogen (secondary N) is 3. The molecule has 2 aromatic carbocycles. The molecule has 3 aromatic heterocycles. The minimum absolute atomic E-state index is 0.0197. The van der Waals surface area contributed by atoms with Crippen LogP contribution in [0.15, 0.2) is 73.1 Å². The Morgan fingerprint density at radius 1 is 0.966 bits per heavy atom. The summed E-state index contributed by atoms with van der Waals surface area (Å²) < 4.78 is 7.56. The van der Waals surface area contributed by atoms with E-state index in [-0.39, 0.29) is 36.7 Å². The summed E-state index contributed by atoms with van der Waals surface area (Å²) in [5, 5.41) is 19.6. The third kappa shape index (κ3) is 9.39. The zero-order valence-corrected chi connectivity index (χ0v) is 34.2. The Morgan fingerprint density at radius 2 is 1.68 bits per heavy atom. The highest BCUT2D eigenvalue weighted by molar-refractivity contribution is 7.21. The number of ether oxygens (including phenoxy) is 1. The van der Waals surface area contributed by atoms with Crippen LogP contribution >= 0.6 is 11.3 Å². The van der Waals surface area contributed by atoms with Crippen molar-refractivity contribution in [2.45, 2.75) is 89.4 Å². The fourth-order valence-electron chi connectivity index (χ4n) is 7.49. The number of carboxylic acid groups (broad SMARTS) is 1. The molecule has 4 N–H and O–H groups in total. The van der Waals surface area contributed by atoms with Crippen molar-refractivity contribution in [3.8, 4) is 16.6 Å². The standard InChI is InChI=1S/C39H38N8O6S.C4H11N/c1-22-40-19-23(20-41-22)33(48)43-29-15-6-4-2-3-5-11-24-18-39(24,38(51)52)46-34(49)30-17-25(21-47(30)37(29)50)53-35-32(42-26-12-7-8-13-27(26)44-35)36-45-28-14-9-10-16-31(28)54-36;1-3-5-4-2/h5,7-14,16,19-20,24-25,29-30H,2-4,6,15,17-18,21H2,1H3,(H,43,48)(H,46,49)(H,51,52);5H,3-4H2,1-2H3/t24-,25-,29+,30+,39-;/m1./s1. The number of aryl methyl sites for hydroxylation is 1. The Kier molecular flexibility index (Phi) is 12.9. The molecule has 15 nitrogen and oxygen atoms in total. The minimum Gasteiger partial charge on any atom is -0.479 e. The van der Waals surface area contributed by atoms with Crippen LogP contribution in [0.5, 0.6) is 5.88 Å². The summed E-state index contributed by atoms with van der Waals surface area (Å²) in [7, 11) is 0. The average molecular weight is 820 g/mol. The van der Waals surface area contributed by atoms with Crippen LogP contribution in [0.2, 0.25) is 0 Å². The zero-order chi connectivity index (χ0) is 41.5. The van der Waals surface area contributed by atoms with Crippen LogP contribution < -0.4 is 20.7 Å². The second kappa shape index (κ2) is 18.4. The minimum atomic E-state index is -1.47. The molecular formula is C43H49N9O6S. The van der Waals surface area contributed by atoms with Crippen molar-refractivity contribution >= 4 is 56.3 Å². The van der Waals surface area contributed by atoms with Gasteiger partial charge in [0.2, 0.25) is 17.7 Å². The molecule has 1 saturated carbocycles. The number of benzene rings is 2. The number of rotatable bonds is 8. The number of thiazole rings is 1. The second-order valence-corrected chi connectivity index (χ2v) is 16.0. The Balaban J connectivity index is 0.000000997. The molecule has 3 aliphatic rings. The summed E-state index contributed by atoms with van der Waals surface area (Å²) >= 11 is 1.45. The number of nitrogens with zero attached hydrogens (tertiary/aromatic N) is 6. The molecule has 1 aliphatic carbocycles. The number of carboxylic acids is 1. The maximum atomic E-state index is 14.6. The topological polar surface area (TPSA) is 202 Å². The van der Waals surface area contributed by atoms with Gasteiger partial charge in [-0.25, -0.2) is 29.7 Å². The molecule has 2 fully saturated rings. The molecule has 3 amide bonds. The molecule has 0 bridgehead atoms. The number of hydrogen-bond donors (Lipinski definition) is 4. The van der Waals surface area contributed by atoms with Gasteiger partial charge in [-0.15, -0.1) is 11.3 Å². The first-order chi connectivity index (χ1) is 28.6. The van der Waals surface area contributed by atoms with Crippen LogP contribution in [0.4, 0.5) is 0 Å². The van der Waals surface area contributed by atoms with Gasteiger partial charge in [0.1, 0.15) is 34.6 Å². The molecule has 1 saturated heterocycles. The largest absolute Gasteiger partial charge is 0.479 e. The lowest BCUT2D eigenvalue weighted by atomic mass is 10.0. The van der Waals surface area contributed by atoms with Crippen molar-refractivity contribution in [2.75, 3.05) is 19.6 Å². The highest BCUT2D eigenvalue weighted by Crippen LogP contribution is 2.45. The molecule has 59 heavy (non-hydrogen) atoms. The van der Waals surface area contributed by atoms with E-state index in [4.69, 9.17) is 19.7 Å². The predicted molar refractivity (Wildman–Crippen MR) is 224 cm³/mol. The summed E-state index contributed by atoms with van der Waals surface area (Å²) in [4.78, 5) is 78.9. The van der Waals surface area contributed by atoms with Crippen LogP contribution in [0.25, 0.3) is 32.0 Å². The van der Waals surface area contributed by atoms with E-state index in [1.165, 1.54) is 28.6 Å². The van der Waals surface area contributed by atoms with E-state index in [0.29, 0.717) is 40.4 Å². The van der Waals surface area contributed by atoms with Gasteiger partial charge in [-0.2, -0.15) is 0 Å². The maximum absolute atomic E-state index is 14.6. The number of aliphatic carboxylic acids is 1. The van der Waals surface area contributed by atoms with Gasteiger partial charge in [-0.1, -0.05) is 63.1 Å². The van der Waals surface area contributed by atoms with Crippen molar-refractivity contribution in [3.63, 3.8) is 0 Å². The molecule has 0 unspecified atom stereocenters. The molecule has 5 heterocycles. The summed E-state index contributed by atoms with van der Waals surface area (Å²) in [5.41, 5.74) is 1.21. The summed E-state index contributed by atoms with van der Waals surface area (Å²) in [6.07, 6.45) is 9.52. The molecule has 308 valence electrons. The molecule has 8 rings (SSSR count). The van der Waals surface area contributed by atoms with Gasteiger partial charge in [0.15, 0.2) is 5.69 Å². The number of aromatic nitrogens is 5. The maximum Gasteiger partial charge on any atom is 0.330 e. The first-order valence-corrected chi connectivity index (χ1v) is 21.0. The predicted octanol–water partition coefficient (Wildman–Crippen LogP) is 5.25. The van der Waals surface area contributed by atoms with Gasteiger partial charge >= 0.3 is 5.97 Å². The number of amides is 3. The lowest BCUT2D eigenvalue weighted by Crippen LogP contribution is -2.56. The zero-order valence-electron chi connectivity index (χ0n) is 33.4. The lowest BCUT2D eigenvalue weighted by molar-refractivity contribution is -0.145. The van der Waals surface area contributed by atoms with E-state index in [0.717, 1.165) is 42.6 Å². The van der Waals surface area contributed by atoms with E-state index in [1.54, 1.807) is 6.92 Å². The summed E-state index contributed by atoms with van der Waals surface area (Å²) in [5.74, 6) is -2.38. The van der Waals surface area contributed by atoms with Gasteiger partial charge in [0, 0.05) is 24.7 Å². The van der Waals surface area contributed by atoms with E-state index in [9.17, 15) is 24.3 Å². The molecule has 2 aliphatic heterocycles. The van der Waals surface area contributed by atoms with Crippen molar-refractivity contribution in [2.24, 2.45) is 5.92 Å². The number of carbonyl (C=O) groups is 4. The Bertz CT molecular complexity index is 2320. The molecule has 0 radical (unpaired) electrons. The van der Waals surface area contributed by atoms with E-state index in [1.807, 2.05) is 60.7 Å². The fraction of sp³-hybridized carbons (Fsp3) is 0.419. The molecule has 0 spiro atoms. The second-order valence-electron chi connectivity index (χ2n) is 15.0. The number of para-hydroxylation sites is 3. The van der Waals surface area contributed by atoms with Crippen molar-refractivity contribution in [1.29, 1.82) is 0 Å². The smallest absolute Gasteiger partial charge is 0.330 e. The van der Waals surface area contributed by atoms with Gasteiger partial charge in [-0.3, -0.25) is 14.4 Å². The van der Waals surface area contributed by atoms with Crippen LogP contribution in [-0.2, 0) is 14.4 Å². The number of allylic oxidation sites excluding steroid dienone is 1. The Morgan fingerprint density at radius 3 is 2.37 bits per heavy atom. The Hall–Kier alpha value is -5.87. The normalized spacial score (nSPS) is 23.2. The average Bonchev–Trinajstić information content (AvgIpc) is 3.52. The first kappa shape index (κ1) is 41.3. The van der Waals surface area contributed by atoms with E-state index >= 15 is 0 Å². The van der Waals surface area contributed by atoms with E-state index < -0.39 is 47.4 Å². The van der Waals surface area contributed by atoms with E-state index in [2.05, 4.69) is 39.8 Å². The summed E-state index contributed by atoms with van der Waals surface area (Å²) in [6, 6.07) is 13.1. The molecule has 5 aromatic rings. The molecular weight excluding hydrogens is 771 g/mol.